The number of rotatable bonds is 9. The van der Waals surface area contributed by atoms with Gasteiger partial charge in [0.15, 0.2) is 0 Å². The second-order valence-corrected chi connectivity index (χ2v) is 16.7. The summed E-state index contributed by atoms with van der Waals surface area (Å²) in [7, 11) is 1.67. The summed E-state index contributed by atoms with van der Waals surface area (Å²) in [5.74, 6) is -2.85. The molecule has 15 heteroatoms. The van der Waals surface area contributed by atoms with Crippen molar-refractivity contribution in [1.29, 1.82) is 0 Å². The first-order valence-corrected chi connectivity index (χ1v) is 20.4. The minimum atomic E-state index is -1.16. The quantitative estimate of drug-likeness (QED) is 0.141. The first kappa shape index (κ1) is 42.1. The fourth-order valence-corrected chi connectivity index (χ4v) is 8.27. The number of cyclic esters (lactones) is 1. The number of phenols is 1. The Kier molecular flexibility index (Phi) is 12.4. The van der Waals surface area contributed by atoms with Gasteiger partial charge in [-0.05, 0) is 90.3 Å². The van der Waals surface area contributed by atoms with E-state index in [4.69, 9.17) is 13.9 Å². The third kappa shape index (κ3) is 8.92. The van der Waals surface area contributed by atoms with Crippen molar-refractivity contribution >= 4 is 34.6 Å². The average Bonchev–Trinajstić information content (AvgIpc) is 3.88. The van der Waals surface area contributed by atoms with Crippen LogP contribution < -0.4 is 16.1 Å². The summed E-state index contributed by atoms with van der Waals surface area (Å²) < 4.78 is 19.1. The molecule has 60 heavy (non-hydrogen) atoms. The van der Waals surface area contributed by atoms with Gasteiger partial charge in [-0.3, -0.25) is 29.2 Å². The van der Waals surface area contributed by atoms with Gasteiger partial charge in [0.05, 0.1) is 25.1 Å². The number of aromatic hydroxyl groups is 1. The van der Waals surface area contributed by atoms with Gasteiger partial charge in [0.2, 0.25) is 5.91 Å². The molecule has 1 saturated heterocycles. The van der Waals surface area contributed by atoms with Gasteiger partial charge in [-0.2, -0.15) is 0 Å². The summed E-state index contributed by atoms with van der Waals surface area (Å²) in [6.45, 7) is 11.2. The molecule has 4 N–H and O–H groups in total. The zero-order chi connectivity index (χ0) is 42.7. The molecule has 0 aliphatic carbocycles. The highest BCUT2D eigenvalue weighted by molar-refractivity contribution is 5.97. The Bertz CT molecular complexity index is 2390. The van der Waals surface area contributed by atoms with Crippen molar-refractivity contribution in [2.75, 3.05) is 20.3 Å². The van der Waals surface area contributed by atoms with E-state index in [-0.39, 0.29) is 37.1 Å². The third-order valence-electron chi connectivity index (χ3n) is 11.2. The summed E-state index contributed by atoms with van der Waals surface area (Å²) in [6.07, 6.45) is 7.71. The lowest BCUT2D eigenvalue weighted by Gasteiger charge is -2.36. The van der Waals surface area contributed by atoms with Crippen LogP contribution in [0.4, 0.5) is 0 Å². The maximum atomic E-state index is 14.5. The number of nitrogens with one attached hydrogen (secondary N) is 3. The highest BCUT2D eigenvalue weighted by Crippen LogP contribution is 2.41. The number of hydrogen-bond donors (Lipinski definition) is 4. The van der Waals surface area contributed by atoms with Gasteiger partial charge in [0.25, 0.3) is 11.8 Å². The Morgan fingerprint density at radius 1 is 1.10 bits per heavy atom. The van der Waals surface area contributed by atoms with Crippen molar-refractivity contribution in [2.45, 2.75) is 91.6 Å². The van der Waals surface area contributed by atoms with Crippen molar-refractivity contribution < 1.29 is 38.2 Å². The molecular formula is C45H53N7O8. The van der Waals surface area contributed by atoms with E-state index in [9.17, 15) is 24.3 Å². The first-order chi connectivity index (χ1) is 28.8. The number of carbonyl (C=O) groups excluding carboxylic acids is 4. The highest BCUT2D eigenvalue weighted by Gasteiger charge is 2.37. The van der Waals surface area contributed by atoms with Crippen molar-refractivity contribution in [3.8, 4) is 28.1 Å². The van der Waals surface area contributed by atoms with E-state index >= 15 is 0 Å². The molecule has 15 nitrogen and oxygen atoms in total. The molecule has 5 aromatic rings. The van der Waals surface area contributed by atoms with Gasteiger partial charge < -0.3 is 34.2 Å². The highest BCUT2D eigenvalue weighted by atomic mass is 16.5. The van der Waals surface area contributed by atoms with Crippen LogP contribution in [-0.4, -0.2) is 86.7 Å². The number of pyridine rings is 1. The number of carbonyl (C=O) groups is 4. The maximum Gasteiger partial charge on any atom is 0.324 e. The third-order valence-corrected chi connectivity index (χ3v) is 11.2. The monoisotopic (exact) mass is 819 g/mol. The predicted molar refractivity (Wildman–Crippen MR) is 223 cm³/mol. The number of oxazole rings is 1. The van der Waals surface area contributed by atoms with Gasteiger partial charge in [-0.25, -0.2) is 10.4 Å². The summed E-state index contributed by atoms with van der Waals surface area (Å²) in [5.41, 5.74) is 9.69. The lowest BCUT2D eigenvalue weighted by molar-refractivity contribution is -0.155. The number of methoxy groups -OCH3 is 1. The smallest absolute Gasteiger partial charge is 0.324 e. The number of hydrogen-bond acceptors (Lipinski definition) is 11. The number of fused-ring (bicyclic) bond motifs is 6. The summed E-state index contributed by atoms with van der Waals surface area (Å²) in [5, 5.41) is 19.1. The van der Waals surface area contributed by atoms with Crippen LogP contribution in [0.2, 0.25) is 0 Å². The molecule has 0 saturated carbocycles. The second kappa shape index (κ2) is 17.7. The molecule has 1 unspecified atom stereocenters. The van der Waals surface area contributed by atoms with Crippen molar-refractivity contribution in [1.82, 2.24) is 35.6 Å². The van der Waals surface area contributed by atoms with Crippen LogP contribution in [0.15, 0.2) is 71.7 Å². The van der Waals surface area contributed by atoms with E-state index in [2.05, 4.69) is 63.5 Å². The van der Waals surface area contributed by atoms with Gasteiger partial charge in [0.1, 0.15) is 30.1 Å². The van der Waals surface area contributed by atoms with Crippen LogP contribution in [-0.2, 0) is 49.9 Å². The number of phenolic OH excluding ortho intramolecular Hbond substituents is 1. The Morgan fingerprint density at radius 3 is 2.65 bits per heavy atom. The topological polar surface area (TPSA) is 190 Å². The van der Waals surface area contributed by atoms with Crippen LogP contribution in [0, 0.1) is 11.3 Å². The Morgan fingerprint density at radius 2 is 1.92 bits per heavy atom. The van der Waals surface area contributed by atoms with E-state index in [0.29, 0.717) is 43.5 Å². The SMILES string of the molecule is CCn1c(-c2cnccc2COC)c2c3cc(ccc31)-c1cc(O)cc(c1)C[C@H](NC(=O)C(NC(=O)c1ncco1)C(C)C)C(=O)N1CCC[C@H](N1)C(=O)OCC(C)(C)C2. The average molecular weight is 820 g/mol. The van der Waals surface area contributed by atoms with Gasteiger partial charge in [-0.1, -0.05) is 39.8 Å². The van der Waals surface area contributed by atoms with E-state index in [1.54, 1.807) is 39.3 Å². The molecule has 3 aromatic heterocycles. The maximum absolute atomic E-state index is 14.5. The predicted octanol–water partition coefficient (Wildman–Crippen LogP) is 5.33. The number of esters is 1. The van der Waals surface area contributed by atoms with Crippen molar-refractivity contribution in [2.24, 2.45) is 11.3 Å². The van der Waals surface area contributed by atoms with Crippen LogP contribution in [0.1, 0.15) is 74.8 Å². The molecule has 3 amide bonds. The number of ether oxygens (including phenoxy) is 2. The number of amides is 3. The van der Waals surface area contributed by atoms with Gasteiger partial charge in [-0.15, -0.1) is 0 Å². The minimum Gasteiger partial charge on any atom is -0.508 e. The molecule has 0 radical (unpaired) electrons. The Balaban J connectivity index is 1.34. The van der Waals surface area contributed by atoms with Crippen molar-refractivity contribution in [3.05, 3.63) is 89.9 Å². The summed E-state index contributed by atoms with van der Waals surface area (Å²) in [6, 6.07) is 10.3. The van der Waals surface area contributed by atoms with Crippen LogP contribution in [0.25, 0.3) is 33.3 Å². The van der Waals surface area contributed by atoms with E-state index in [1.807, 2.05) is 24.4 Å². The largest absolute Gasteiger partial charge is 0.508 e. The van der Waals surface area contributed by atoms with Gasteiger partial charge >= 0.3 is 11.9 Å². The summed E-state index contributed by atoms with van der Waals surface area (Å²) in [4.78, 5) is 63.6. The molecular weight excluding hydrogens is 767 g/mol. The van der Waals surface area contributed by atoms with Crippen molar-refractivity contribution in [3.63, 3.8) is 0 Å². The molecule has 2 aliphatic heterocycles. The number of aromatic nitrogens is 3. The molecule has 2 aromatic carbocycles. The molecule has 3 atom stereocenters. The molecule has 1 fully saturated rings. The molecule has 0 spiro atoms. The fourth-order valence-electron chi connectivity index (χ4n) is 8.27. The normalized spacial score (nSPS) is 18.8. The van der Waals surface area contributed by atoms with Crippen LogP contribution >= 0.6 is 0 Å². The van der Waals surface area contributed by atoms with E-state index < -0.39 is 47.2 Å². The molecule has 5 heterocycles. The lowest BCUT2D eigenvalue weighted by Crippen LogP contribution is -2.62. The molecule has 2 aliphatic rings. The number of hydrazine groups is 1. The minimum absolute atomic E-state index is 0.0144. The van der Waals surface area contributed by atoms with Crippen LogP contribution in [0.5, 0.6) is 5.75 Å². The second-order valence-electron chi connectivity index (χ2n) is 16.7. The van der Waals surface area contributed by atoms with E-state index in [0.717, 1.165) is 38.9 Å². The summed E-state index contributed by atoms with van der Waals surface area (Å²) >= 11 is 0. The van der Waals surface area contributed by atoms with E-state index in [1.165, 1.54) is 17.5 Å². The van der Waals surface area contributed by atoms with Gasteiger partial charge in [0, 0.05) is 60.9 Å². The first-order valence-electron chi connectivity index (χ1n) is 20.4. The fraction of sp³-hybridized carbons (Fsp3) is 0.422. The molecule has 7 rings (SSSR count). The zero-order valence-electron chi connectivity index (χ0n) is 34.9. The lowest BCUT2D eigenvalue weighted by atomic mass is 9.84. The number of aryl methyl sites for hydroxylation is 1. The Hall–Kier alpha value is -6.06. The molecule has 316 valence electrons. The zero-order valence-corrected chi connectivity index (χ0v) is 34.9. The van der Waals surface area contributed by atoms with Crippen LogP contribution in [0.3, 0.4) is 0 Å². The standard InChI is InChI=1S/C45H53N7O8/c1-7-51-37-11-10-28-21-32(37)33(39(51)34-23-46-13-12-29(34)24-58-6)22-45(4,5)25-60-44(57)35-9-8-15-52(50-35)43(56)36(19-27-17-30(28)20-31(53)18-27)48-40(54)38(26(2)3)49-41(55)42-47-14-16-59-42/h10-14,16-18,20-21,23,26,35-36,38,50,53H,7-9,15,19,22,24-25H2,1-6H3,(H,48,54)(H,49,55)/t35-,36-,38?/m0/s1. The number of benzene rings is 2. The Labute approximate surface area is 348 Å². The molecule has 6 bridgehead atoms. The number of nitrogens with zero attached hydrogens (tertiary/aromatic N) is 4.